The van der Waals surface area contributed by atoms with Gasteiger partial charge >= 0.3 is 11.8 Å². The molecule has 0 aromatic heterocycles. The molecule has 180 valence electrons. The first-order chi connectivity index (χ1) is 17.0. The van der Waals surface area contributed by atoms with Crippen LogP contribution >= 0.6 is 0 Å². The number of ether oxygens (including phenoxy) is 2. The molecule has 9 heteroatoms. The van der Waals surface area contributed by atoms with Crippen LogP contribution in [0.25, 0.3) is 0 Å². The summed E-state index contributed by atoms with van der Waals surface area (Å²) in [5.74, 6) is -0.901. The molecule has 0 atom stereocenters. The van der Waals surface area contributed by atoms with Gasteiger partial charge in [-0.3, -0.25) is 14.4 Å². The number of rotatable bonds is 10. The monoisotopic (exact) mass is 474 g/mol. The van der Waals surface area contributed by atoms with Gasteiger partial charge in [0.2, 0.25) is 0 Å². The number of hydrazone groups is 1. The maximum absolute atomic E-state index is 12.1. The summed E-state index contributed by atoms with van der Waals surface area (Å²) in [6, 6.07) is 23.5. The summed E-state index contributed by atoms with van der Waals surface area (Å²) in [5.41, 5.74) is 4.51. The molecule has 3 amide bonds. The first-order valence-electron chi connectivity index (χ1n) is 10.8. The average Bonchev–Trinajstić information content (AvgIpc) is 2.90. The molecule has 0 aliphatic carbocycles. The summed E-state index contributed by atoms with van der Waals surface area (Å²) in [6.07, 6.45) is 1.34. The van der Waals surface area contributed by atoms with Gasteiger partial charge in [0.05, 0.1) is 13.3 Å². The van der Waals surface area contributed by atoms with Crippen LogP contribution in [0.15, 0.2) is 84.0 Å². The number of para-hydroxylation sites is 1. The lowest BCUT2D eigenvalue weighted by Crippen LogP contribution is -2.37. The lowest BCUT2D eigenvalue weighted by Gasteiger charge is -2.09. The number of carbonyl (C=O) groups is 3. The predicted molar refractivity (Wildman–Crippen MR) is 131 cm³/mol. The van der Waals surface area contributed by atoms with Crippen molar-refractivity contribution in [3.8, 4) is 11.5 Å². The second-order valence-electron chi connectivity index (χ2n) is 7.32. The lowest BCUT2D eigenvalue weighted by atomic mass is 10.2. The van der Waals surface area contributed by atoms with Gasteiger partial charge < -0.3 is 20.1 Å². The van der Waals surface area contributed by atoms with E-state index >= 15 is 0 Å². The van der Waals surface area contributed by atoms with E-state index in [0.29, 0.717) is 23.6 Å². The number of benzene rings is 3. The minimum atomic E-state index is -0.909. The molecule has 3 aromatic carbocycles. The van der Waals surface area contributed by atoms with Gasteiger partial charge in [-0.05, 0) is 35.4 Å². The third kappa shape index (κ3) is 8.32. The largest absolute Gasteiger partial charge is 0.497 e. The Hall–Kier alpha value is -4.66. The Morgan fingerprint density at radius 3 is 2.20 bits per heavy atom. The van der Waals surface area contributed by atoms with Crippen LogP contribution in [0.3, 0.4) is 0 Å². The maximum Gasteiger partial charge on any atom is 0.329 e. The van der Waals surface area contributed by atoms with E-state index in [0.717, 1.165) is 11.1 Å². The minimum absolute atomic E-state index is 0.183. The molecule has 0 fully saturated rings. The molecular formula is C26H26N4O5. The van der Waals surface area contributed by atoms with Gasteiger partial charge in [-0.15, -0.1) is 0 Å². The van der Waals surface area contributed by atoms with Crippen molar-refractivity contribution in [2.24, 2.45) is 5.10 Å². The number of hydrogen-bond donors (Lipinski definition) is 3. The highest BCUT2D eigenvalue weighted by Crippen LogP contribution is 2.15. The summed E-state index contributed by atoms with van der Waals surface area (Å²) in [4.78, 5) is 36.1. The Labute approximate surface area is 203 Å². The van der Waals surface area contributed by atoms with Crippen molar-refractivity contribution in [3.63, 3.8) is 0 Å². The molecule has 0 aliphatic rings. The first-order valence-corrected chi connectivity index (χ1v) is 10.8. The molecule has 3 rings (SSSR count). The van der Waals surface area contributed by atoms with Crippen molar-refractivity contribution in [2.45, 2.75) is 13.1 Å². The summed E-state index contributed by atoms with van der Waals surface area (Å²) in [5, 5.41) is 9.12. The SMILES string of the molecule is COc1ccc(CNC(=O)C(=O)N/N=C\c2ccccc2OCC(=O)NCc2ccccc2)cc1. The van der Waals surface area contributed by atoms with Crippen LogP contribution in [0, 0.1) is 0 Å². The standard InChI is InChI=1S/C26H26N4O5/c1-34-22-13-11-20(12-14-22)16-28-25(32)26(33)30-29-17-21-9-5-6-10-23(21)35-18-24(31)27-15-19-7-3-2-4-8-19/h2-14,17H,15-16,18H2,1H3,(H,27,31)(H,28,32)(H,30,33)/b29-17-. The second kappa shape index (κ2) is 13.1. The van der Waals surface area contributed by atoms with E-state index in [1.54, 1.807) is 55.6 Å². The van der Waals surface area contributed by atoms with Crippen molar-refractivity contribution < 1.29 is 23.9 Å². The van der Waals surface area contributed by atoms with Gasteiger partial charge in [0, 0.05) is 18.7 Å². The third-order valence-electron chi connectivity index (χ3n) is 4.80. The van der Waals surface area contributed by atoms with Crippen LogP contribution in [0.2, 0.25) is 0 Å². The smallest absolute Gasteiger partial charge is 0.329 e. The molecule has 9 nitrogen and oxygen atoms in total. The molecule has 35 heavy (non-hydrogen) atoms. The molecule has 0 saturated heterocycles. The number of hydrogen-bond acceptors (Lipinski definition) is 6. The number of nitrogens with one attached hydrogen (secondary N) is 3. The van der Waals surface area contributed by atoms with Crippen LogP contribution in [0.4, 0.5) is 0 Å². The zero-order chi connectivity index (χ0) is 24.9. The highest BCUT2D eigenvalue weighted by molar-refractivity contribution is 6.35. The van der Waals surface area contributed by atoms with Crippen molar-refractivity contribution >= 4 is 23.9 Å². The van der Waals surface area contributed by atoms with Gasteiger partial charge in [-0.25, -0.2) is 5.43 Å². The number of carbonyl (C=O) groups excluding carboxylic acids is 3. The Morgan fingerprint density at radius 2 is 1.46 bits per heavy atom. The van der Waals surface area contributed by atoms with Gasteiger partial charge in [-0.1, -0.05) is 54.6 Å². The summed E-state index contributed by atoms with van der Waals surface area (Å²) < 4.78 is 10.7. The fourth-order valence-electron chi connectivity index (χ4n) is 2.93. The van der Waals surface area contributed by atoms with E-state index in [2.05, 4.69) is 21.2 Å². The summed E-state index contributed by atoms with van der Waals surface area (Å²) in [7, 11) is 1.57. The first kappa shape index (κ1) is 25.0. The molecular weight excluding hydrogens is 448 g/mol. The third-order valence-corrected chi connectivity index (χ3v) is 4.80. The van der Waals surface area contributed by atoms with Crippen molar-refractivity contribution in [2.75, 3.05) is 13.7 Å². The fraction of sp³-hybridized carbons (Fsp3) is 0.154. The summed E-state index contributed by atoms with van der Waals surface area (Å²) in [6.45, 7) is 0.402. The number of methoxy groups -OCH3 is 1. The molecule has 0 radical (unpaired) electrons. The van der Waals surface area contributed by atoms with E-state index in [4.69, 9.17) is 9.47 Å². The topological polar surface area (TPSA) is 118 Å². The fourth-order valence-corrected chi connectivity index (χ4v) is 2.93. The predicted octanol–water partition coefficient (Wildman–Crippen LogP) is 2.16. The second-order valence-corrected chi connectivity index (χ2v) is 7.32. The molecule has 0 spiro atoms. The van der Waals surface area contributed by atoms with Gasteiger partial charge in [-0.2, -0.15) is 5.10 Å². The number of nitrogens with zero attached hydrogens (tertiary/aromatic N) is 1. The van der Waals surface area contributed by atoms with E-state index in [-0.39, 0.29) is 19.1 Å². The highest BCUT2D eigenvalue weighted by atomic mass is 16.5. The van der Waals surface area contributed by atoms with Gasteiger partial charge in [0.25, 0.3) is 5.91 Å². The van der Waals surface area contributed by atoms with Gasteiger partial charge in [0.1, 0.15) is 11.5 Å². The van der Waals surface area contributed by atoms with Crippen LogP contribution < -0.4 is 25.5 Å². The zero-order valence-corrected chi connectivity index (χ0v) is 19.2. The molecule has 0 bridgehead atoms. The Balaban J connectivity index is 1.44. The Morgan fingerprint density at radius 1 is 0.800 bits per heavy atom. The normalized spacial score (nSPS) is 10.4. The lowest BCUT2D eigenvalue weighted by molar-refractivity contribution is -0.139. The van der Waals surface area contributed by atoms with Crippen LogP contribution in [0.5, 0.6) is 11.5 Å². The van der Waals surface area contributed by atoms with Crippen LogP contribution in [-0.2, 0) is 27.5 Å². The Bertz CT molecular complexity index is 1160. The zero-order valence-electron chi connectivity index (χ0n) is 19.2. The molecule has 0 aliphatic heterocycles. The summed E-state index contributed by atoms with van der Waals surface area (Å²) >= 11 is 0. The highest BCUT2D eigenvalue weighted by Gasteiger charge is 2.12. The minimum Gasteiger partial charge on any atom is -0.497 e. The van der Waals surface area contributed by atoms with Crippen molar-refractivity contribution in [1.82, 2.24) is 16.1 Å². The average molecular weight is 475 g/mol. The molecule has 3 N–H and O–H groups in total. The van der Waals surface area contributed by atoms with Crippen LogP contribution in [-0.4, -0.2) is 37.7 Å². The van der Waals surface area contributed by atoms with E-state index in [1.165, 1.54) is 6.21 Å². The molecule has 3 aromatic rings. The van der Waals surface area contributed by atoms with Crippen LogP contribution in [0.1, 0.15) is 16.7 Å². The Kier molecular flexibility index (Phi) is 9.38. The number of amides is 3. The van der Waals surface area contributed by atoms with Crippen molar-refractivity contribution in [1.29, 1.82) is 0 Å². The maximum atomic E-state index is 12.1. The molecule has 0 heterocycles. The van der Waals surface area contributed by atoms with Crippen molar-refractivity contribution in [3.05, 3.63) is 95.6 Å². The molecule has 0 unspecified atom stereocenters. The van der Waals surface area contributed by atoms with E-state index < -0.39 is 11.8 Å². The molecule has 0 saturated carbocycles. The van der Waals surface area contributed by atoms with E-state index in [9.17, 15) is 14.4 Å². The van der Waals surface area contributed by atoms with Gasteiger partial charge in [0.15, 0.2) is 6.61 Å². The van der Waals surface area contributed by atoms with E-state index in [1.807, 2.05) is 30.3 Å². The quantitative estimate of drug-likeness (QED) is 0.236.